The van der Waals surface area contributed by atoms with Crippen LogP contribution < -0.4 is 5.01 Å². The molecule has 0 spiro atoms. The molecule has 27 heavy (non-hydrogen) atoms. The number of halogens is 1. The Labute approximate surface area is 166 Å². The standard InChI is InChI=1S/C20H18ClN3O2S/c1-13(2)24(22-11-14-7-3-4-8-15(14)19(25)26)20-23-18(12-27-20)16-9-5-6-10-17(16)21/h3-13H,1-2H3,(H,25,26). The molecule has 0 aliphatic rings. The molecule has 0 saturated carbocycles. The highest BCUT2D eigenvalue weighted by Gasteiger charge is 2.16. The van der Waals surface area contributed by atoms with Crippen LogP contribution in [0, 0.1) is 0 Å². The molecule has 1 aromatic heterocycles. The molecule has 3 rings (SSSR count). The lowest BCUT2D eigenvalue weighted by Gasteiger charge is -2.20. The van der Waals surface area contributed by atoms with E-state index in [1.807, 2.05) is 43.5 Å². The lowest BCUT2D eigenvalue weighted by atomic mass is 10.1. The van der Waals surface area contributed by atoms with Crippen LogP contribution in [0.5, 0.6) is 0 Å². The summed E-state index contributed by atoms with van der Waals surface area (Å²) in [5, 5.41) is 18.9. The monoisotopic (exact) mass is 399 g/mol. The number of benzene rings is 2. The van der Waals surface area contributed by atoms with Gasteiger partial charge in [0.25, 0.3) is 0 Å². The maximum atomic E-state index is 11.4. The average Bonchev–Trinajstić information content (AvgIpc) is 3.11. The smallest absolute Gasteiger partial charge is 0.336 e. The number of thiazole rings is 1. The molecule has 5 nitrogen and oxygen atoms in total. The zero-order chi connectivity index (χ0) is 19.4. The van der Waals surface area contributed by atoms with Gasteiger partial charge in [-0.05, 0) is 26.0 Å². The number of anilines is 1. The van der Waals surface area contributed by atoms with Crippen molar-refractivity contribution in [2.45, 2.75) is 19.9 Å². The number of aromatic carboxylic acids is 1. The molecule has 0 unspecified atom stereocenters. The number of carbonyl (C=O) groups is 1. The molecule has 0 aliphatic heterocycles. The third kappa shape index (κ3) is 4.35. The zero-order valence-electron chi connectivity index (χ0n) is 14.8. The van der Waals surface area contributed by atoms with Crippen LogP contribution in [-0.4, -0.2) is 28.3 Å². The molecule has 0 atom stereocenters. The number of hydrazone groups is 1. The Morgan fingerprint density at radius 3 is 2.63 bits per heavy atom. The Morgan fingerprint density at radius 1 is 1.22 bits per heavy atom. The molecule has 2 aromatic carbocycles. The number of hydrogen-bond donors (Lipinski definition) is 1. The van der Waals surface area contributed by atoms with Gasteiger partial charge in [-0.1, -0.05) is 48.0 Å². The van der Waals surface area contributed by atoms with Gasteiger partial charge in [0.2, 0.25) is 5.13 Å². The molecular weight excluding hydrogens is 382 g/mol. The van der Waals surface area contributed by atoms with Gasteiger partial charge in [0.05, 0.1) is 17.5 Å². The van der Waals surface area contributed by atoms with Crippen molar-refractivity contribution in [3.05, 3.63) is 70.1 Å². The zero-order valence-corrected chi connectivity index (χ0v) is 16.4. The van der Waals surface area contributed by atoms with E-state index in [-0.39, 0.29) is 11.6 Å². The summed E-state index contributed by atoms with van der Waals surface area (Å²) in [5.41, 5.74) is 2.40. The fraction of sp³-hybridized carbons (Fsp3) is 0.150. The van der Waals surface area contributed by atoms with Crippen molar-refractivity contribution in [1.82, 2.24) is 4.98 Å². The second kappa shape index (κ2) is 8.33. The van der Waals surface area contributed by atoms with E-state index in [0.29, 0.717) is 15.7 Å². The molecular formula is C20H18ClN3O2S. The highest BCUT2D eigenvalue weighted by Crippen LogP contribution is 2.32. The molecule has 1 N–H and O–H groups in total. The molecule has 0 radical (unpaired) electrons. The van der Waals surface area contributed by atoms with Gasteiger partial charge in [-0.15, -0.1) is 11.3 Å². The van der Waals surface area contributed by atoms with Crippen molar-refractivity contribution in [3.8, 4) is 11.3 Å². The van der Waals surface area contributed by atoms with Crippen LogP contribution in [-0.2, 0) is 0 Å². The molecule has 7 heteroatoms. The number of nitrogens with zero attached hydrogens (tertiary/aromatic N) is 3. The van der Waals surface area contributed by atoms with Crippen LogP contribution in [0.15, 0.2) is 59.0 Å². The SMILES string of the molecule is CC(C)N(N=Cc1ccccc1C(=O)O)c1nc(-c2ccccc2Cl)cs1. The fourth-order valence-corrected chi connectivity index (χ4v) is 3.64. The summed E-state index contributed by atoms with van der Waals surface area (Å²) < 4.78 is 0. The molecule has 0 saturated heterocycles. The van der Waals surface area contributed by atoms with Crippen molar-refractivity contribution < 1.29 is 9.90 Å². The van der Waals surface area contributed by atoms with E-state index in [2.05, 4.69) is 10.1 Å². The lowest BCUT2D eigenvalue weighted by molar-refractivity contribution is 0.0697. The Balaban J connectivity index is 1.92. The molecule has 0 bridgehead atoms. The van der Waals surface area contributed by atoms with Crippen LogP contribution in [0.1, 0.15) is 29.8 Å². The van der Waals surface area contributed by atoms with Gasteiger partial charge >= 0.3 is 5.97 Å². The van der Waals surface area contributed by atoms with E-state index >= 15 is 0 Å². The molecule has 0 amide bonds. The number of hydrogen-bond acceptors (Lipinski definition) is 5. The van der Waals surface area contributed by atoms with E-state index in [1.54, 1.807) is 35.5 Å². The van der Waals surface area contributed by atoms with Crippen molar-refractivity contribution in [2.75, 3.05) is 5.01 Å². The summed E-state index contributed by atoms with van der Waals surface area (Å²) in [7, 11) is 0. The van der Waals surface area contributed by atoms with Gasteiger partial charge in [-0.3, -0.25) is 0 Å². The summed E-state index contributed by atoms with van der Waals surface area (Å²) in [6, 6.07) is 14.4. The third-order valence-corrected chi connectivity index (χ3v) is 5.00. The molecule has 138 valence electrons. The Bertz CT molecular complexity index is 985. The van der Waals surface area contributed by atoms with E-state index in [4.69, 9.17) is 11.6 Å². The maximum Gasteiger partial charge on any atom is 0.336 e. The predicted octanol–water partition coefficient (Wildman–Crippen LogP) is 5.41. The molecule has 3 aromatic rings. The second-order valence-electron chi connectivity index (χ2n) is 6.07. The second-order valence-corrected chi connectivity index (χ2v) is 7.31. The van der Waals surface area contributed by atoms with E-state index < -0.39 is 5.97 Å². The highest BCUT2D eigenvalue weighted by atomic mass is 35.5. The number of aromatic nitrogens is 1. The largest absolute Gasteiger partial charge is 0.478 e. The number of rotatable bonds is 6. The van der Waals surface area contributed by atoms with Crippen LogP contribution in [0.2, 0.25) is 5.02 Å². The summed E-state index contributed by atoms with van der Waals surface area (Å²) in [4.78, 5) is 16.0. The van der Waals surface area contributed by atoms with Crippen molar-refractivity contribution >= 4 is 40.3 Å². The van der Waals surface area contributed by atoms with Gasteiger partial charge < -0.3 is 5.11 Å². The third-order valence-electron chi connectivity index (χ3n) is 3.84. The van der Waals surface area contributed by atoms with Crippen molar-refractivity contribution in [2.24, 2.45) is 5.10 Å². The maximum absolute atomic E-state index is 11.4. The quantitative estimate of drug-likeness (QED) is 0.444. The Morgan fingerprint density at radius 2 is 1.93 bits per heavy atom. The number of carboxylic acid groups (broad SMARTS) is 1. The van der Waals surface area contributed by atoms with Gasteiger partial charge in [0, 0.05) is 27.6 Å². The van der Waals surface area contributed by atoms with Crippen LogP contribution in [0.4, 0.5) is 5.13 Å². The Hall–Kier alpha value is -2.70. The van der Waals surface area contributed by atoms with E-state index in [9.17, 15) is 9.90 Å². The van der Waals surface area contributed by atoms with Crippen molar-refractivity contribution in [1.29, 1.82) is 0 Å². The first-order chi connectivity index (χ1) is 13.0. The summed E-state index contributed by atoms with van der Waals surface area (Å²) in [6.07, 6.45) is 1.56. The van der Waals surface area contributed by atoms with Crippen molar-refractivity contribution in [3.63, 3.8) is 0 Å². The minimum atomic E-state index is -0.983. The Kier molecular flexibility index (Phi) is 5.88. The van der Waals surface area contributed by atoms with Crippen LogP contribution >= 0.6 is 22.9 Å². The summed E-state index contributed by atoms with van der Waals surface area (Å²) in [6.45, 7) is 3.99. The first kappa shape index (κ1) is 19.1. The van der Waals surface area contributed by atoms with Crippen LogP contribution in [0.3, 0.4) is 0 Å². The highest BCUT2D eigenvalue weighted by molar-refractivity contribution is 7.14. The topological polar surface area (TPSA) is 65.8 Å². The fourth-order valence-electron chi connectivity index (χ4n) is 2.49. The summed E-state index contributed by atoms with van der Waals surface area (Å²) >= 11 is 7.73. The van der Waals surface area contributed by atoms with Gasteiger partial charge in [-0.2, -0.15) is 5.10 Å². The minimum absolute atomic E-state index is 0.0449. The van der Waals surface area contributed by atoms with E-state index in [1.165, 1.54) is 11.3 Å². The average molecular weight is 400 g/mol. The summed E-state index contributed by atoms with van der Waals surface area (Å²) in [5.74, 6) is -0.983. The minimum Gasteiger partial charge on any atom is -0.478 e. The molecule has 0 fully saturated rings. The first-order valence-electron chi connectivity index (χ1n) is 8.33. The predicted molar refractivity (Wildman–Crippen MR) is 111 cm³/mol. The van der Waals surface area contributed by atoms with Gasteiger partial charge in [0.15, 0.2) is 0 Å². The first-order valence-corrected chi connectivity index (χ1v) is 9.59. The molecule has 0 aliphatic carbocycles. The van der Waals surface area contributed by atoms with Gasteiger partial charge in [0.1, 0.15) is 0 Å². The van der Waals surface area contributed by atoms with E-state index in [0.717, 1.165) is 11.3 Å². The van der Waals surface area contributed by atoms with Crippen LogP contribution in [0.25, 0.3) is 11.3 Å². The molecule has 1 heterocycles. The normalized spacial score (nSPS) is 11.3. The number of carboxylic acids is 1. The van der Waals surface area contributed by atoms with Gasteiger partial charge in [-0.25, -0.2) is 14.8 Å². The lowest BCUT2D eigenvalue weighted by Crippen LogP contribution is -2.25.